The Kier molecular flexibility index (Phi) is 9.94. The number of hydrogen-bond donors (Lipinski definition) is 1. The van der Waals surface area contributed by atoms with E-state index in [-0.39, 0.29) is 5.91 Å². The Balaban J connectivity index is 2.10. The minimum Gasteiger partial charge on any atom is -0.444 e. The molecule has 0 saturated carbocycles. The Labute approximate surface area is 252 Å². The van der Waals surface area contributed by atoms with Crippen molar-refractivity contribution in [2.24, 2.45) is 0 Å². The molecule has 0 radical (unpaired) electrons. The quantitative estimate of drug-likeness (QED) is 0.228. The number of carbonyl (C=O) groups is 2. The first-order valence-corrected chi connectivity index (χ1v) is 17.0. The highest BCUT2D eigenvalue weighted by molar-refractivity contribution is 6.90. The van der Waals surface area contributed by atoms with Crippen molar-refractivity contribution >= 4 is 31.5 Å². The number of carbonyl (C=O) groups excluding carboxylic acids is 2. The van der Waals surface area contributed by atoms with Crippen molar-refractivity contribution in [2.75, 3.05) is 12.4 Å². The molecule has 1 N–H and O–H groups in total. The van der Waals surface area contributed by atoms with Crippen molar-refractivity contribution in [2.45, 2.75) is 104 Å². The third-order valence-electron chi connectivity index (χ3n) is 8.01. The first kappa shape index (κ1) is 32.9. The van der Waals surface area contributed by atoms with E-state index in [1.807, 2.05) is 43.5 Å². The van der Waals surface area contributed by atoms with Gasteiger partial charge in [0.2, 0.25) is 5.91 Å². The average molecular weight is 590 g/mol. The SMILES string of the molecule is Cc1cccc2ncc(-c3cc(C#C[Si](C(C)C)(C(C)C)C(C)C)nc(NC(=O)C(C)N(C)C(=O)OC(C)(C)C)c3)n12. The number of rotatable bonds is 7. The molecule has 0 saturated heterocycles. The molecule has 2 amide bonds. The third-order valence-corrected chi connectivity index (χ3v) is 14.3. The minimum atomic E-state index is -2.03. The van der Waals surface area contributed by atoms with Crippen LogP contribution in [0.2, 0.25) is 16.6 Å². The number of anilines is 1. The number of amides is 2. The predicted octanol–water partition coefficient (Wildman–Crippen LogP) is 7.47. The molecular formula is C33H47N5O3Si. The Morgan fingerprint density at radius 2 is 1.64 bits per heavy atom. The van der Waals surface area contributed by atoms with E-state index in [1.54, 1.807) is 34.7 Å². The molecule has 0 aliphatic heterocycles. The number of aromatic nitrogens is 3. The van der Waals surface area contributed by atoms with E-state index in [4.69, 9.17) is 9.72 Å². The van der Waals surface area contributed by atoms with Gasteiger partial charge in [0, 0.05) is 18.3 Å². The Bertz CT molecular complexity index is 1490. The maximum atomic E-state index is 13.3. The van der Waals surface area contributed by atoms with Gasteiger partial charge < -0.3 is 10.1 Å². The van der Waals surface area contributed by atoms with E-state index < -0.39 is 25.8 Å². The van der Waals surface area contributed by atoms with E-state index in [0.717, 1.165) is 22.6 Å². The summed E-state index contributed by atoms with van der Waals surface area (Å²) in [6.07, 6.45) is 1.26. The standard InChI is InChI=1S/C33H47N5O3Si/c1-21(2)42(22(3)4,23(5)6)17-16-27-18-26(28-20-34-30-15-13-14-24(7)38(28)30)19-29(35-27)36-31(39)25(8)37(12)32(40)41-33(9,10)11/h13-15,18-23,25H,1-12H3,(H,35,36,39). The number of pyridine rings is 2. The summed E-state index contributed by atoms with van der Waals surface area (Å²) in [5.41, 5.74) is 8.66. The lowest BCUT2D eigenvalue weighted by atomic mass is 10.1. The largest absolute Gasteiger partial charge is 0.444 e. The highest BCUT2D eigenvalue weighted by Gasteiger charge is 2.41. The molecule has 3 aromatic rings. The van der Waals surface area contributed by atoms with Crippen molar-refractivity contribution in [3.63, 3.8) is 0 Å². The van der Waals surface area contributed by atoms with Gasteiger partial charge in [0.1, 0.15) is 36.9 Å². The molecule has 8 nitrogen and oxygen atoms in total. The van der Waals surface area contributed by atoms with Gasteiger partial charge in [0.05, 0.1) is 11.9 Å². The number of nitrogens with one attached hydrogen (secondary N) is 1. The van der Waals surface area contributed by atoms with E-state index in [1.165, 1.54) is 4.90 Å². The number of imidazole rings is 1. The number of ether oxygens (including phenoxy) is 1. The van der Waals surface area contributed by atoms with Gasteiger partial charge in [-0.05, 0) is 75.5 Å². The smallest absolute Gasteiger partial charge is 0.410 e. The minimum absolute atomic E-state index is 0.362. The van der Waals surface area contributed by atoms with Crippen LogP contribution in [0.4, 0.5) is 10.6 Å². The molecule has 3 aromatic heterocycles. The van der Waals surface area contributed by atoms with E-state index in [0.29, 0.717) is 28.1 Å². The molecule has 9 heteroatoms. The molecule has 0 spiro atoms. The van der Waals surface area contributed by atoms with E-state index in [9.17, 15) is 9.59 Å². The van der Waals surface area contributed by atoms with E-state index >= 15 is 0 Å². The molecule has 0 aliphatic carbocycles. The van der Waals surface area contributed by atoms with Gasteiger partial charge in [-0.2, -0.15) is 0 Å². The van der Waals surface area contributed by atoms with Crippen LogP contribution in [-0.4, -0.2) is 58.0 Å². The average Bonchev–Trinajstić information content (AvgIpc) is 3.32. The summed E-state index contributed by atoms with van der Waals surface area (Å²) < 4.78 is 7.52. The van der Waals surface area contributed by atoms with Gasteiger partial charge in [-0.15, -0.1) is 5.54 Å². The maximum Gasteiger partial charge on any atom is 0.410 e. The molecule has 1 atom stereocenters. The summed E-state index contributed by atoms with van der Waals surface area (Å²) in [4.78, 5) is 36.6. The second kappa shape index (κ2) is 12.7. The normalized spacial score (nSPS) is 12.8. The fourth-order valence-corrected chi connectivity index (χ4v) is 10.9. The van der Waals surface area contributed by atoms with Gasteiger partial charge in [-0.1, -0.05) is 53.5 Å². The predicted molar refractivity (Wildman–Crippen MR) is 173 cm³/mol. The molecule has 0 aromatic carbocycles. The summed E-state index contributed by atoms with van der Waals surface area (Å²) >= 11 is 0. The fourth-order valence-electron chi connectivity index (χ4n) is 5.72. The summed E-state index contributed by atoms with van der Waals surface area (Å²) in [6, 6.07) is 8.98. The summed E-state index contributed by atoms with van der Waals surface area (Å²) in [7, 11) is -0.475. The molecule has 0 fully saturated rings. The van der Waals surface area contributed by atoms with E-state index in [2.05, 4.69) is 67.7 Å². The van der Waals surface area contributed by atoms with Crippen molar-refractivity contribution in [1.29, 1.82) is 0 Å². The zero-order valence-electron chi connectivity index (χ0n) is 27.3. The zero-order valence-corrected chi connectivity index (χ0v) is 28.3. The molecular weight excluding hydrogens is 542 g/mol. The Morgan fingerprint density at radius 3 is 2.21 bits per heavy atom. The van der Waals surface area contributed by atoms with Crippen molar-refractivity contribution in [3.05, 3.63) is 47.9 Å². The van der Waals surface area contributed by atoms with Crippen molar-refractivity contribution in [3.8, 4) is 22.7 Å². The van der Waals surface area contributed by atoms with Crippen molar-refractivity contribution in [1.82, 2.24) is 19.3 Å². The maximum absolute atomic E-state index is 13.3. The molecule has 226 valence electrons. The van der Waals surface area contributed by atoms with Crippen LogP contribution < -0.4 is 5.32 Å². The molecule has 0 aliphatic rings. The molecule has 3 rings (SSSR count). The summed E-state index contributed by atoms with van der Waals surface area (Å²) in [6.45, 7) is 22.7. The van der Waals surface area contributed by atoms with Crippen LogP contribution in [0, 0.1) is 18.4 Å². The molecule has 3 heterocycles. The first-order valence-electron chi connectivity index (χ1n) is 14.7. The fraction of sp³-hybridized carbons (Fsp3) is 0.515. The van der Waals surface area contributed by atoms with Gasteiger partial charge in [-0.25, -0.2) is 14.8 Å². The highest BCUT2D eigenvalue weighted by atomic mass is 28.3. The third kappa shape index (κ3) is 7.04. The molecule has 1 unspecified atom stereocenters. The molecule has 0 bridgehead atoms. The lowest BCUT2D eigenvalue weighted by Crippen LogP contribution is -2.45. The van der Waals surface area contributed by atoms with Crippen LogP contribution in [0.15, 0.2) is 36.5 Å². The lowest BCUT2D eigenvalue weighted by molar-refractivity contribution is -0.120. The van der Waals surface area contributed by atoms with Gasteiger partial charge >= 0.3 is 6.09 Å². The highest BCUT2D eigenvalue weighted by Crippen LogP contribution is 2.40. The number of likely N-dealkylation sites (N-methyl/N-ethyl adjacent to an activating group) is 1. The Morgan fingerprint density at radius 1 is 1.02 bits per heavy atom. The topological polar surface area (TPSA) is 88.8 Å². The second-order valence-corrected chi connectivity index (χ2v) is 18.6. The number of hydrogen-bond acceptors (Lipinski definition) is 5. The number of aryl methyl sites for hydroxylation is 1. The van der Waals surface area contributed by atoms with Crippen LogP contribution in [0.5, 0.6) is 0 Å². The van der Waals surface area contributed by atoms with Gasteiger partial charge in [-0.3, -0.25) is 14.1 Å². The zero-order chi connectivity index (χ0) is 31.6. The summed E-state index contributed by atoms with van der Waals surface area (Å²) in [5.74, 6) is 3.42. The Hall–Kier alpha value is -3.64. The number of fused-ring (bicyclic) bond motifs is 1. The van der Waals surface area contributed by atoms with Crippen LogP contribution in [0.3, 0.4) is 0 Å². The number of nitrogens with zero attached hydrogens (tertiary/aromatic N) is 4. The van der Waals surface area contributed by atoms with Crippen LogP contribution >= 0.6 is 0 Å². The lowest BCUT2D eigenvalue weighted by Gasteiger charge is -2.38. The van der Waals surface area contributed by atoms with Crippen LogP contribution in [0.25, 0.3) is 16.9 Å². The molecule has 42 heavy (non-hydrogen) atoms. The van der Waals surface area contributed by atoms with Gasteiger partial charge in [0.25, 0.3) is 0 Å². The van der Waals surface area contributed by atoms with Crippen LogP contribution in [-0.2, 0) is 9.53 Å². The first-order chi connectivity index (χ1) is 19.5. The van der Waals surface area contributed by atoms with Crippen LogP contribution in [0.1, 0.15) is 80.6 Å². The second-order valence-electron chi connectivity index (χ2n) is 13.0. The van der Waals surface area contributed by atoms with Gasteiger partial charge in [0.15, 0.2) is 0 Å². The summed E-state index contributed by atoms with van der Waals surface area (Å²) in [5, 5.41) is 2.93. The van der Waals surface area contributed by atoms with Crippen molar-refractivity contribution < 1.29 is 14.3 Å². The monoisotopic (exact) mass is 589 g/mol.